The molecule has 1 amide bonds. The lowest BCUT2D eigenvalue weighted by Crippen LogP contribution is -2.35. The lowest BCUT2D eigenvalue weighted by molar-refractivity contribution is 0.0214. The first kappa shape index (κ1) is 24.3. The van der Waals surface area contributed by atoms with Gasteiger partial charge in [0, 0.05) is 21.7 Å². The predicted molar refractivity (Wildman–Crippen MR) is 137 cm³/mol. The van der Waals surface area contributed by atoms with Gasteiger partial charge in [-0.15, -0.1) is 21.5 Å². The maximum atomic E-state index is 13.0. The largest absolute Gasteiger partial charge is 0.444 e. The molecular weight excluding hydrogens is 482 g/mol. The minimum absolute atomic E-state index is 0.311. The van der Waals surface area contributed by atoms with E-state index in [0.717, 1.165) is 54.3 Å². The number of hydrogen-bond acceptors (Lipinski definition) is 6. The van der Waals surface area contributed by atoms with Gasteiger partial charge in [-0.3, -0.25) is 9.47 Å². The fraction of sp³-hybridized carbons (Fsp3) is 0.538. The number of amides is 1. The quantitative estimate of drug-likeness (QED) is 0.382. The number of carbonyl (C=O) groups is 1. The summed E-state index contributed by atoms with van der Waals surface area (Å²) in [5.74, 6) is 2.55. The topological polar surface area (TPSA) is 73.1 Å². The third-order valence-electron chi connectivity index (χ3n) is 6.87. The Labute approximate surface area is 215 Å². The van der Waals surface area contributed by atoms with Crippen LogP contribution in [-0.2, 0) is 17.8 Å². The highest BCUT2D eigenvalue weighted by Crippen LogP contribution is 2.42. The van der Waals surface area contributed by atoms with Crippen LogP contribution < -0.4 is 0 Å². The number of hydrogen-bond donors (Lipinski definition) is 0. The Morgan fingerprint density at radius 1 is 1.09 bits per heavy atom. The van der Waals surface area contributed by atoms with Gasteiger partial charge in [0.2, 0.25) is 0 Å². The number of ether oxygens (including phenoxy) is 1. The molecule has 0 atom stereocenters. The molecular formula is C26H32ClN5O2S. The smallest absolute Gasteiger partial charge is 0.411 e. The van der Waals surface area contributed by atoms with Gasteiger partial charge in [0.15, 0.2) is 5.82 Å². The molecule has 1 aliphatic heterocycles. The second kappa shape index (κ2) is 9.21. The number of nitrogens with zero attached hydrogens (tertiary/aromatic N) is 5. The molecule has 2 aliphatic rings. The van der Waals surface area contributed by atoms with Gasteiger partial charge >= 0.3 is 6.09 Å². The summed E-state index contributed by atoms with van der Waals surface area (Å²) in [6.07, 6.45) is 3.90. The number of carbonyl (C=O) groups excluding carboxylic acids is 1. The van der Waals surface area contributed by atoms with Crippen molar-refractivity contribution in [2.75, 3.05) is 0 Å². The lowest BCUT2D eigenvalue weighted by Gasteiger charge is -2.27. The Morgan fingerprint density at radius 3 is 2.46 bits per heavy atom. The van der Waals surface area contributed by atoms with Gasteiger partial charge in [-0.05, 0) is 84.1 Å². The van der Waals surface area contributed by atoms with E-state index in [2.05, 4.69) is 28.6 Å². The van der Waals surface area contributed by atoms with Crippen LogP contribution in [0, 0.1) is 13.8 Å². The summed E-state index contributed by atoms with van der Waals surface area (Å²) in [5.41, 5.74) is 2.53. The molecule has 5 rings (SSSR count). The minimum atomic E-state index is -0.577. The summed E-state index contributed by atoms with van der Waals surface area (Å²) >= 11 is 8.20. The Bertz CT molecular complexity index is 1230. The first-order chi connectivity index (χ1) is 16.6. The normalized spacial score (nSPS) is 20.2. The summed E-state index contributed by atoms with van der Waals surface area (Å²) < 4.78 is 7.82. The first-order valence-electron chi connectivity index (χ1n) is 12.2. The molecule has 1 aromatic carbocycles. The molecule has 0 radical (unpaired) electrons. The van der Waals surface area contributed by atoms with Gasteiger partial charge in [-0.2, -0.15) is 0 Å². The summed E-state index contributed by atoms with van der Waals surface area (Å²) in [7, 11) is 0. The molecule has 2 aromatic heterocycles. The highest BCUT2D eigenvalue weighted by Gasteiger charge is 2.33. The van der Waals surface area contributed by atoms with Gasteiger partial charge in [-0.25, -0.2) is 9.78 Å². The van der Waals surface area contributed by atoms with Crippen molar-refractivity contribution in [2.24, 2.45) is 0 Å². The van der Waals surface area contributed by atoms with Crippen LogP contribution in [-0.4, -0.2) is 36.3 Å². The second-order valence-corrected chi connectivity index (χ2v) is 12.3. The average molecular weight is 514 g/mol. The molecule has 0 unspecified atom stereocenters. The fourth-order valence-electron chi connectivity index (χ4n) is 5.02. The van der Waals surface area contributed by atoms with E-state index in [1.165, 1.54) is 9.88 Å². The molecule has 3 aromatic rings. The standard InChI is InChI=1S/C26H32ClN5O2S/c1-15-16(2)35-24(28-15)18-8-6-17(7-9-18)23-30-29-22-14-31(25(33)34-26(3,4)5)13-19-12-20(27)10-11-21(19)32(22)23/h10-12,17-18H,6-9,13-14H2,1-5H3. The van der Waals surface area contributed by atoms with Crippen LogP contribution in [0.4, 0.5) is 4.79 Å². The van der Waals surface area contributed by atoms with Gasteiger partial charge in [-0.1, -0.05) is 11.6 Å². The summed E-state index contributed by atoms with van der Waals surface area (Å²) in [6.45, 7) is 10.6. The molecule has 1 saturated carbocycles. The number of halogens is 1. The Morgan fingerprint density at radius 2 is 1.80 bits per heavy atom. The van der Waals surface area contributed by atoms with Crippen molar-refractivity contribution in [3.05, 3.63) is 56.0 Å². The highest BCUT2D eigenvalue weighted by molar-refractivity contribution is 7.11. The molecule has 1 aliphatic carbocycles. The number of fused-ring (bicyclic) bond motifs is 3. The Balaban J connectivity index is 1.44. The predicted octanol–water partition coefficient (Wildman–Crippen LogP) is 6.69. The number of rotatable bonds is 2. The van der Waals surface area contributed by atoms with Gasteiger partial charge < -0.3 is 4.74 Å². The van der Waals surface area contributed by atoms with Crippen LogP contribution in [0.1, 0.15) is 91.1 Å². The lowest BCUT2D eigenvalue weighted by atomic mass is 9.82. The summed E-state index contributed by atoms with van der Waals surface area (Å²) in [6, 6.07) is 5.83. The molecule has 186 valence electrons. The van der Waals surface area contributed by atoms with E-state index in [9.17, 15) is 4.79 Å². The number of aromatic nitrogens is 4. The first-order valence-corrected chi connectivity index (χ1v) is 13.4. The number of benzene rings is 1. The van der Waals surface area contributed by atoms with E-state index in [4.69, 9.17) is 21.3 Å². The van der Waals surface area contributed by atoms with E-state index < -0.39 is 5.60 Å². The minimum Gasteiger partial charge on any atom is -0.444 e. The maximum absolute atomic E-state index is 13.0. The molecule has 0 saturated heterocycles. The SMILES string of the molecule is Cc1nc(C2CCC(c3nnc4n3-c3ccc(Cl)cc3CN(C(=O)OC(C)(C)C)C4)CC2)sc1C. The van der Waals surface area contributed by atoms with Crippen molar-refractivity contribution in [3.8, 4) is 5.69 Å². The Hall–Kier alpha value is -2.45. The summed E-state index contributed by atoms with van der Waals surface area (Å²) in [4.78, 5) is 20.8. The zero-order valence-electron chi connectivity index (χ0n) is 21.0. The van der Waals surface area contributed by atoms with Crippen molar-refractivity contribution in [2.45, 2.75) is 90.8 Å². The van der Waals surface area contributed by atoms with Crippen molar-refractivity contribution >= 4 is 29.0 Å². The molecule has 1 fully saturated rings. The maximum Gasteiger partial charge on any atom is 0.411 e. The van der Waals surface area contributed by atoms with E-state index in [1.807, 2.05) is 50.3 Å². The van der Waals surface area contributed by atoms with E-state index in [-0.39, 0.29) is 6.09 Å². The molecule has 0 bridgehead atoms. The van der Waals surface area contributed by atoms with E-state index >= 15 is 0 Å². The monoisotopic (exact) mass is 513 g/mol. The van der Waals surface area contributed by atoms with Crippen LogP contribution >= 0.6 is 22.9 Å². The third-order valence-corrected chi connectivity index (χ3v) is 8.34. The number of thiazole rings is 1. The zero-order chi connectivity index (χ0) is 24.9. The van der Waals surface area contributed by atoms with Crippen LogP contribution in [0.15, 0.2) is 18.2 Å². The second-order valence-electron chi connectivity index (χ2n) is 10.7. The zero-order valence-corrected chi connectivity index (χ0v) is 22.5. The molecule has 0 spiro atoms. The number of aryl methyl sites for hydroxylation is 2. The van der Waals surface area contributed by atoms with Crippen LogP contribution in [0.5, 0.6) is 0 Å². The van der Waals surface area contributed by atoms with Crippen LogP contribution in [0.3, 0.4) is 0 Å². The van der Waals surface area contributed by atoms with E-state index in [0.29, 0.717) is 29.9 Å². The van der Waals surface area contributed by atoms with Crippen molar-refractivity contribution in [3.63, 3.8) is 0 Å². The molecule has 7 nitrogen and oxygen atoms in total. The third kappa shape index (κ3) is 4.96. The fourth-order valence-corrected chi connectivity index (χ4v) is 6.30. The molecule has 35 heavy (non-hydrogen) atoms. The van der Waals surface area contributed by atoms with E-state index in [1.54, 1.807) is 4.90 Å². The Kier molecular flexibility index (Phi) is 6.38. The van der Waals surface area contributed by atoms with Crippen molar-refractivity contribution in [1.82, 2.24) is 24.6 Å². The van der Waals surface area contributed by atoms with Gasteiger partial charge in [0.1, 0.15) is 11.4 Å². The molecule has 9 heteroatoms. The average Bonchev–Trinajstić information content (AvgIpc) is 3.30. The van der Waals surface area contributed by atoms with Crippen molar-refractivity contribution < 1.29 is 9.53 Å². The molecule has 3 heterocycles. The highest BCUT2D eigenvalue weighted by atomic mass is 35.5. The summed E-state index contributed by atoms with van der Waals surface area (Å²) in [5, 5.41) is 11.1. The van der Waals surface area contributed by atoms with Crippen LogP contribution in [0.25, 0.3) is 5.69 Å². The van der Waals surface area contributed by atoms with Crippen molar-refractivity contribution in [1.29, 1.82) is 0 Å². The van der Waals surface area contributed by atoms with Gasteiger partial charge in [0.25, 0.3) is 0 Å². The van der Waals surface area contributed by atoms with Crippen LogP contribution in [0.2, 0.25) is 5.02 Å². The molecule has 0 N–H and O–H groups in total. The van der Waals surface area contributed by atoms with Gasteiger partial charge in [0.05, 0.1) is 29.5 Å².